The van der Waals surface area contributed by atoms with E-state index in [1.165, 1.54) is 0 Å². The third-order valence-electron chi connectivity index (χ3n) is 5.24. The van der Waals surface area contributed by atoms with E-state index in [9.17, 15) is 4.79 Å². The van der Waals surface area contributed by atoms with Gasteiger partial charge in [0.05, 0.1) is 24.0 Å². The van der Waals surface area contributed by atoms with E-state index in [0.717, 1.165) is 39.9 Å². The molecule has 1 aromatic heterocycles. The first-order chi connectivity index (χ1) is 15.0. The average Bonchev–Trinajstić information content (AvgIpc) is 3.06. The maximum Gasteiger partial charge on any atom is 0.417 e. The Bertz CT molecular complexity index is 1250. The number of methoxy groups -OCH3 is 1. The van der Waals surface area contributed by atoms with Gasteiger partial charge in [-0.05, 0) is 43.3 Å². The number of nitrogen functional groups attached to an aromatic ring is 1. The SMILES string of the molecule is Bc1ccc(OC(=O)Nc2cccc(-c3c(N)c4ccc(OC)cc4n3CC)c2)cc1. The Morgan fingerprint density at radius 2 is 1.81 bits per heavy atom. The van der Waals surface area contributed by atoms with Crippen molar-refractivity contribution in [3.8, 4) is 22.8 Å². The van der Waals surface area contributed by atoms with Crippen molar-refractivity contribution < 1.29 is 14.3 Å². The first-order valence-electron chi connectivity index (χ1n) is 10.1. The predicted octanol–water partition coefficient (Wildman–Crippen LogP) is 3.79. The minimum Gasteiger partial charge on any atom is -0.497 e. The maximum absolute atomic E-state index is 12.3. The molecule has 7 heteroatoms. The highest BCUT2D eigenvalue weighted by Crippen LogP contribution is 2.38. The number of carbonyl (C=O) groups is 1. The van der Waals surface area contributed by atoms with Crippen molar-refractivity contribution in [2.75, 3.05) is 18.2 Å². The molecule has 0 bridgehead atoms. The Balaban J connectivity index is 1.65. The minimum absolute atomic E-state index is 0.489. The van der Waals surface area contributed by atoms with Crippen molar-refractivity contribution in [2.45, 2.75) is 13.5 Å². The van der Waals surface area contributed by atoms with Gasteiger partial charge in [-0.3, -0.25) is 5.32 Å². The molecule has 0 radical (unpaired) electrons. The number of anilines is 2. The van der Waals surface area contributed by atoms with Crippen LogP contribution in [-0.2, 0) is 6.54 Å². The van der Waals surface area contributed by atoms with Gasteiger partial charge in [0.1, 0.15) is 19.3 Å². The number of aromatic nitrogens is 1. The molecule has 0 fully saturated rings. The van der Waals surface area contributed by atoms with Crippen molar-refractivity contribution in [1.29, 1.82) is 0 Å². The molecule has 0 aliphatic carbocycles. The second kappa shape index (κ2) is 8.48. The van der Waals surface area contributed by atoms with Gasteiger partial charge < -0.3 is 19.8 Å². The van der Waals surface area contributed by atoms with Gasteiger partial charge in [-0.15, -0.1) is 0 Å². The van der Waals surface area contributed by atoms with Crippen molar-refractivity contribution in [2.24, 2.45) is 0 Å². The number of rotatable bonds is 5. The summed E-state index contributed by atoms with van der Waals surface area (Å²) in [4.78, 5) is 12.3. The number of fused-ring (bicyclic) bond motifs is 1. The highest BCUT2D eigenvalue weighted by Gasteiger charge is 2.17. The molecule has 0 saturated heterocycles. The predicted molar refractivity (Wildman–Crippen MR) is 128 cm³/mol. The maximum atomic E-state index is 12.3. The number of nitrogens with zero attached hydrogens (tertiary/aromatic N) is 1. The molecule has 6 nitrogen and oxygen atoms in total. The molecule has 0 spiro atoms. The molecule has 156 valence electrons. The summed E-state index contributed by atoms with van der Waals surface area (Å²) in [5.41, 5.74) is 11.8. The second-order valence-corrected chi connectivity index (χ2v) is 7.30. The average molecular weight is 413 g/mol. The molecule has 1 heterocycles. The Kier molecular flexibility index (Phi) is 5.58. The van der Waals surface area contributed by atoms with Crippen LogP contribution < -0.4 is 26.0 Å². The summed E-state index contributed by atoms with van der Waals surface area (Å²) in [7, 11) is 3.63. The number of aryl methyl sites for hydroxylation is 1. The zero-order valence-corrected chi connectivity index (χ0v) is 17.8. The molecule has 3 aromatic carbocycles. The molecular formula is C24H24BN3O3. The molecule has 0 unspecified atom stereocenters. The van der Waals surface area contributed by atoms with E-state index in [4.69, 9.17) is 15.2 Å². The Hall–Kier alpha value is -3.87. The number of hydrogen-bond acceptors (Lipinski definition) is 4. The minimum atomic E-state index is -0.547. The van der Waals surface area contributed by atoms with Crippen LogP contribution in [0.5, 0.6) is 11.5 Å². The van der Waals surface area contributed by atoms with Gasteiger partial charge in [0.25, 0.3) is 0 Å². The lowest BCUT2D eigenvalue weighted by atomic mass is 9.97. The summed E-state index contributed by atoms with van der Waals surface area (Å²) in [5, 5.41) is 3.76. The zero-order chi connectivity index (χ0) is 22.0. The zero-order valence-electron chi connectivity index (χ0n) is 17.8. The van der Waals surface area contributed by atoms with Crippen LogP contribution in [-0.4, -0.2) is 25.6 Å². The number of benzene rings is 3. The fourth-order valence-electron chi connectivity index (χ4n) is 3.72. The molecule has 4 aromatic rings. The number of nitrogens with two attached hydrogens (primary N) is 1. The summed E-state index contributed by atoms with van der Waals surface area (Å²) >= 11 is 0. The third-order valence-corrected chi connectivity index (χ3v) is 5.24. The summed E-state index contributed by atoms with van der Waals surface area (Å²) in [6, 6.07) is 20.7. The first kappa shape index (κ1) is 20.4. The van der Waals surface area contributed by atoms with E-state index in [2.05, 4.69) is 16.8 Å². The highest BCUT2D eigenvalue weighted by molar-refractivity contribution is 6.32. The van der Waals surface area contributed by atoms with Crippen LogP contribution in [0.15, 0.2) is 66.7 Å². The molecule has 0 atom stereocenters. The number of hydrogen-bond donors (Lipinski definition) is 2. The van der Waals surface area contributed by atoms with Gasteiger partial charge in [-0.1, -0.05) is 29.7 Å². The van der Waals surface area contributed by atoms with E-state index in [1.807, 2.05) is 62.4 Å². The van der Waals surface area contributed by atoms with Crippen LogP contribution in [0.1, 0.15) is 6.92 Å². The van der Waals surface area contributed by atoms with Crippen LogP contribution in [0.25, 0.3) is 22.2 Å². The molecule has 0 aliphatic rings. The quantitative estimate of drug-likeness (QED) is 0.488. The standard InChI is InChI=1S/C24H24BN3O3/c1-3-28-21-14-19(30-2)11-12-20(21)22(26)23(28)15-5-4-6-17(13-15)27-24(29)31-18-9-7-16(25)8-10-18/h4-14H,3,25-26H2,1-2H3,(H,27,29). The van der Waals surface area contributed by atoms with Crippen molar-refractivity contribution in [3.63, 3.8) is 0 Å². The van der Waals surface area contributed by atoms with Crippen LogP contribution in [0.2, 0.25) is 0 Å². The molecule has 0 saturated carbocycles. The fraction of sp³-hybridized carbons (Fsp3) is 0.125. The number of ether oxygens (including phenoxy) is 2. The van der Waals surface area contributed by atoms with E-state index < -0.39 is 6.09 Å². The van der Waals surface area contributed by atoms with Gasteiger partial charge in [-0.2, -0.15) is 0 Å². The molecule has 4 rings (SSSR count). The normalized spacial score (nSPS) is 10.8. The third kappa shape index (κ3) is 4.07. The van der Waals surface area contributed by atoms with E-state index in [0.29, 0.717) is 17.1 Å². The van der Waals surface area contributed by atoms with E-state index in [1.54, 1.807) is 19.2 Å². The fourth-order valence-corrected chi connectivity index (χ4v) is 3.72. The van der Waals surface area contributed by atoms with Gasteiger partial charge >= 0.3 is 6.09 Å². The summed E-state index contributed by atoms with van der Waals surface area (Å²) in [5.74, 6) is 1.27. The molecule has 1 amide bonds. The summed E-state index contributed by atoms with van der Waals surface area (Å²) in [6.07, 6.45) is -0.547. The summed E-state index contributed by atoms with van der Waals surface area (Å²) in [6.45, 7) is 2.81. The lowest BCUT2D eigenvalue weighted by Gasteiger charge is -2.12. The van der Waals surface area contributed by atoms with E-state index in [-0.39, 0.29) is 0 Å². The first-order valence-corrected chi connectivity index (χ1v) is 10.1. The largest absolute Gasteiger partial charge is 0.497 e. The second-order valence-electron chi connectivity index (χ2n) is 7.30. The van der Waals surface area contributed by atoms with Crippen LogP contribution in [0, 0.1) is 0 Å². The molecule has 3 N–H and O–H groups in total. The van der Waals surface area contributed by atoms with Gasteiger partial charge in [0.2, 0.25) is 0 Å². The van der Waals surface area contributed by atoms with Crippen molar-refractivity contribution >= 4 is 41.7 Å². The smallest absolute Gasteiger partial charge is 0.417 e. The molecule has 0 aliphatic heterocycles. The van der Waals surface area contributed by atoms with Gasteiger partial charge in [0.15, 0.2) is 0 Å². The molecular weight excluding hydrogens is 389 g/mol. The Morgan fingerprint density at radius 1 is 1.06 bits per heavy atom. The number of nitrogens with one attached hydrogen (secondary N) is 1. The van der Waals surface area contributed by atoms with Gasteiger partial charge in [-0.25, -0.2) is 4.79 Å². The monoisotopic (exact) mass is 413 g/mol. The lowest BCUT2D eigenvalue weighted by Crippen LogP contribution is -2.17. The van der Waals surface area contributed by atoms with Crippen LogP contribution in [0.3, 0.4) is 0 Å². The number of amides is 1. The van der Waals surface area contributed by atoms with Crippen molar-refractivity contribution in [1.82, 2.24) is 4.57 Å². The Labute approximate surface area is 182 Å². The van der Waals surface area contributed by atoms with E-state index >= 15 is 0 Å². The van der Waals surface area contributed by atoms with Gasteiger partial charge in [0, 0.05) is 29.2 Å². The number of carbonyl (C=O) groups excluding carboxylic acids is 1. The lowest BCUT2D eigenvalue weighted by molar-refractivity contribution is 0.215. The molecule has 31 heavy (non-hydrogen) atoms. The van der Waals surface area contributed by atoms with Crippen molar-refractivity contribution in [3.05, 3.63) is 66.7 Å². The summed E-state index contributed by atoms with van der Waals surface area (Å²) < 4.78 is 12.9. The Morgan fingerprint density at radius 3 is 2.52 bits per heavy atom. The highest BCUT2D eigenvalue weighted by atomic mass is 16.6. The van der Waals surface area contributed by atoms with Crippen LogP contribution in [0.4, 0.5) is 16.2 Å². The van der Waals surface area contributed by atoms with Crippen LogP contribution >= 0.6 is 0 Å². The topological polar surface area (TPSA) is 78.5 Å².